The number of aryl methyl sites for hydroxylation is 1. The molecule has 3 rings (SSSR count). The van der Waals surface area contributed by atoms with Gasteiger partial charge in [-0.3, -0.25) is 4.79 Å². The maximum atomic E-state index is 12.5. The number of halogens is 2. The lowest BCUT2D eigenvalue weighted by Gasteiger charge is -2.21. The highest BCUT2D eigenvalue weighted by Gasteiger charge is 2.27. The number of aromatic nitrogens is 1. The Hall–Kier alpha value is -2.64. The Morgan fingerprint density at radius 3 is 2.96 bits per heavy atom. The van der Waals surface area contributed by atoms with Crippen LogP contribution >= 0.6 is 0 Å². The Balaban J connectivity index is 1.64. The first-order valence-electron chi connectivity index (χ1n) is 7.56. The first-order chi connectivity index (χ1) is 11.5. The lowest BCUT2D eigenvalue weighted by atomic mass is 10.2. The molecule has 6 nitrogen and oxygen atoms in total. The highest BCUT2D eigenvalue weighted by atomic mass is 19.3. The minimum Gasteiger partial charge on any atom is -0.433 e. The number of ether oxygens (including phenoxy) is 1. The second kappa shape index (κ2) is 6.86. The summed E-state index contributed by atoms with van der Waals surface area (Å²) in [7, 11) is 0. The van der Waals surface area contributed by atoms with Crippen molar-refractivity contribution in [2.45, 2.75) is 26.0 Å². The SMILES string of the molecule is Cc1cc(C(=O)NC2CCN(c3ccccc3OC(F)F)C2)on1. The van der Waals surface area contributed by atoms with Gasteiger partial charge in [0.25, 0.3) is 5.91 Å². The standard InChI is InChI=1S/C16H17F2N3O3/c1-10-8-14(24-20-10)15(22)19-11-6-7-21(9-11)12-4-2-3-5-13(12)23-16(17)18/h2-5,8,11,16H,6-7,9H2,1H3,(H,19,22). The summed E-state index contributed by atoms with van der Waals surface area (Å²) in [5.41, 5.74) is 1.22. The van der Waals surface area contributed by atoms with E-state index < -0.39 is 6.61 Å². The van der Waals surface area contributed by atoms with E-state index in [-0.39, 0.29) is 23.5 Å². The topological polar surface area (TPSA) is 67.6 Å². The van der Waals surface area contributed by atoms with Gasteiger partial charge in [-0.2, -0.15) is 8.78 Å². The van der Waals surface area contributed by atoms with Gasteiger partial charge in [-0.25, -0.2) is 0 Å². The van der Waals surface area contributed by atoms with Gasteiger partial charge >= 0.3 is 6.61 Å². The maximum Gasteiger partial charge on any atom is 0.387 e. The molecule has 0 bridgehead atoms. The summed E-state index contributed by atoms with van der Waals surface area (Å²) in [6, 6.07) is 8.09. The molecule has 1 aromatic heterocycles. The zero-order valence-corrected chi connectivity index (χ0v) is 13.0. The summed E-state index contributed by atoms with van der Waals surface area (Å²) in [6.45, 7) is -0.0109. The van der Waals surface area contributed by atoms with Gasteiger partial charge in [0.1, 0.15) is 5.75 Å². The summed E-state index contributed by atoms with van der Waals surface area (Å²) in [5, 5.41) is 6.55. The number of hydrogen-bond donors (Lipinski definition) is 1. The largest absolute Gasteiger partial charge is 0.433 e. The van der Waals surface area contributed by atoms with E-state index in [9.17, 15) is 13.6 Å². The molecule has 2 heterocycles. The van der Waals surface area contributed by atoms with Gasteiger partial charge < -0.3 is 19.5 Å². The van der Waals surface area contributed by atoms with Gasteiger partial charge in [0.2, 0.25) is 5.76 Å². The molecule has 1 N–H and O–H groups in total. The third-order valence-electron chi connectivity index (χ3n) is 3.80. The van der Waals surface area contributed by atoms with Crippen molar-refractivity contribution < 1.29 is 22.8 Å². The highest BCUT2D eigenvalue weighted by molar-refractivity contribution is 5.91. The lowest BCUT2D eigenvalue weighted by molar-refractivity contribution is -0.0495. The number of anilines is 1. The zero-order valence-electron chi connectivity index (χ0n) is 13.0. The number of hydrogen-bond acceptors (Lipinski definition) is 5. The van der Waals surface area contributed by atoms with Crippen LogP contribution < -0.4 is 15.0 Å². The average Bonchev–Trinajstić information content (AvgIpc) is 3.16. The smallest absolute Gasteiger partial charge is 0.387 e. The lowest BCUT2D eigenvalue weighted by Crippen LogP contribution is -2.37. The molecule has 2 aromatic rings. The molecule has 1 aliphatic rings. The number of nitrogens with one attached hydrogen (secondary N) is 1. The van der Waals surface area contributed by atoms with Crippen molar-refractivity contribution in [3.8, 4) is 5.75 Å². The molecule has 0 spiro atoms. The fourth-order valence-corrected chi connectivity index (χ4v) is 2.74. The third-order valence-corrected chi connectivity index (χ3v) is 3.80. The Kier molecular flexibility index (Phi) is 4.64. The molecule has 1 aliphatic heterocycles. The van der Waals surface area contributed by atoms with Gasteiger partial charge in [0.05, 0.1) is 11.4 Å². The number of amides is 1. The van der Waals surface area contributed by atoms with Crippen LogP contribution in [0.15, 0.2) is 34.9 Å². The van der Waals surface area contributed by atoms with Crippen molar-refractivity contribution in [2.24, 2.45) is 0 Å². The Morgan fingerprint density at radius 2 is 2.25 bits per heavy atom. The summed E-state index contributed by atoms with van der Waals surface area (Å²) in [6.07, 6.45) is 0.696. The normalized spacial score (nSPS) is 17.3. The second-order valence-electron chi connectivity index (χ2n) is 5.58. The van der Waals surface area contributed by atoms with Crippen molar-refractivity contribution >= 4 is 11.6 Å². The zero-order chi connectivity index (χ0) is 17.1. The maximum absolute atomic E-state index is 12.5. The van der Waals surface area contributed by atoms with E-state index in [1.807, 2.05) is 4.90 Å². The predicted molar refractivity (Wildman–Crippen MR) is 82.4 cm³/mol. The Bertz CT molecular complexity index is 720. The van der Waals surface area contributed by atoms with Crippen LogP contribution in [0.2, 0.25) is 0 Å². The number of carbonyl (C=O) groups excluding carboxylic acids is 1. The van der Waals surface area contributed by atoms with E-state index in [1.54, 1.807) is 31.2 Å². The molecule has 8 heteroatoms. The molecule has 1 unspecified atom stereocenters. The predicted octanol–water partition coefficient (Wildman–Crippen LogP) is 2.59. The van der Waals surface area contributed by atoms with E-state index in [0.717, 1.165) is 0 Å². The van der Waals surface area contributed by atoms with Crippen LogP contribution in [0.25, 0.3) is 0 Å². The summed E-state index contributed by atoms with van der Waals surface area (Å²) < 4.78 is 34.5. The first-order valence-corrected chi connectivity index (χ1v) is 7.56. The minimum atomic E-state index is -2.88. The molecule has 1 aromatic carbocycles. The van der Waals surface area contributed by atoms with Crippen LogP contribution in [-0.2, 0) is 0 Å². The Labute approximate surface area is 137 Å². The van der Waals surface area contributed by atoms with Crippen LogP contribution in [0.5, 0.6) is 5.75 Å². The number of nitrogens with zero attached hydrogens (tertiary/aromatic N) is 2. The molecule has 1 amide bonds. The van der Waals surface area contributed by atoms with Gasteiger partial charge in [-0.05, 0) is 25.5 Å². The first kappa shape index (κ1) is 16.2. The van der Waals surface area contributed by atoms with E-state index in [2.05, 4.69) is 15.2 Å². The van der Waals surface area contributed by atoms with Crippen LogP contribution in [0, 0.1) is 6.92 Å². The van der Waals surface area contributed by atoms with Crippen molar-refractivity contribution in [1.82, 2.24) is 10.5 Å². The minimum absolute atomic E-state index is 0.109. The van der Waals surface area contributed by atoms with E-state index in [0.29, 0.717) is 30.9 Å². The molecule has 0 radical (unpaired) electrons. The molecular weight excluding hydrogens is 320 g/mol. The van der Waals surface area contributed by atoms with E-state index in [4.69, 9.17) is 4.52 Å². The third kappa shape index (κ3) is 3.64. The fraction of sp³-hybridized carbons (Fsp3) is 0.375. The molecule has 24 heavy (non-hydrogen) atoms. The summed E-state index contributed by atoms with van der Waals surface area (Å²) in [4.78, 5) is 14.0. The number of para-hydroxylation sites is 2. The average molecular weight is 337 g/mol. The van der Waals surface area contributed by atoms with Gasteiger partial charge in [-0.15, -0.1) is 0 Å². The van der Waals surface area contributed by atoms with Crippen LogP contribution in [-0.4, -0.2) is 36.8 Å². The molecule has 1 fully saturated rings. The molecule has 0 saturated carbocycles. The van der Waals surface area contributed by atoms with Gasteiger partial charge in [-0.1, -0.05) is 17.3 Å². The van der Waals surface area contributed by atoms with Gasteiger partial charge in [0.15, 0.2) is 0 Å². The highest BCUT2D eigenvalue weighted by Crippen LogP contribution is 2.31. The fourth-order valence-electron chi connectivity index (χ4n) is 2.74. The van der Waals surface area contributed by atoms with E-state index in [1.165, 1.54) is 6.07 Å². The van der Waals surface area contributed by atoms with Crippen molar-refractivity contribution in [2.75, 3.05) is 18.0 Å². The van der Waals surface area contributed by atoms with Crippen LogP contribution in [0.3, 0.4) is 0 Å². The van der Waals surface area contributed by atoms with Gasteiger partial charge in [0, 0.05) is 25.2 Å². The molecular formula is C16H17F2N3O3. The van der Waals surface area contributed by atoms with Crippen molar-refractivity contribution in [3.05, 3.63) is 41.8 Å². The van der Waals surface area contributed by atoms with Crippen LogP contribution in [0.1, 0.15) is 22.7 Å². The molecule has 1 atom stereocenters. The van der Waals surface area contributed by atoms with Crippen molar-refractivity contribution in [1.29, 1.82) is 0 Å². The second-order valence-corrected chi connectivity index (χ2v) is 5.58. The summed E-state index contributed by atoms with van der Waals surface area (Å²) in [5.74, 6) is -0.0442. The number of rotatable bonds is 5. The quantitative estimate of drug-likeness (QED) is 0.908. The van der Waals surface area contributed by atoms with Crippen LogP contribution in [0.4, 0.5) is 14.5 Å². The summed E-state index contributed by atoms with van der Waals surface area (Å²) >= 11 is 0. The van der Waals surface area contributed by atoms with E-state index >= 15 is 0 Å². The molecule has 128 valence electrons. The monoisotopic (exact) mass is 337 g/mol. The number of carbonyl (C=O) groups is 1. The number of alkyl halides is 2. The van der Waals surface area contributed by atoms with Crippen molar-refractivity contribution in [3.63, 3.8) is 0 Å². The molecule has 0 aliphatic carbocycles. The Morgan fingerprint density at radius 1 is 1.46 bits per heavy atom. The molecule has 1 saturated heterocycles. The number of benzene rings is 1.